The minimum absolute atomic E-state index is 0.170. The van der Waals surface area contributed by atoms with Crippen molar-refractivity contribution >= 4 is 23.2 Å². The third kappa shape index (κ3) is 10.4. The molecule has 2 amide bonds. The molecule has 2 unspecified atom stereocenters. The second-order valence-electron chi connectivity index (χ2n) is 13.9. The molecule has 1 aliphatic heterocycles. The molecule has 9 heteroatoms. The third-order valence-corrected chi connectivity index (χ3v) is 6.55. The summed E-state index contributed by atoms with van der Waals surface area (Å²) in [6, 6.07) is 10.9. The average molecular weight is 584 g/mol. The van der Waals surface area contributed by atoms with E-state index in [4.69, 9.17) is 4.74 Å². The molecule has 8 nitrogen and oxygen atoms in total. The van der Waals surface area contributed by atoms with E-state index in [1.54, 1.807) is 35.6 Å². The second-order valence-corrected chi connectivity index (χ2v) is 14.8. The molecule has 0 N–H and O–H groups in total. The minimum Gasteiger partial charge on any atom is -0.455 e. The maximum absolute atomic E-state index is 12.8. The van der Waals surface area contributed by atoms with Crippen molar-refractivity contribution in [2.24, 2.45) is 32.3 Å². The van der Waals surface area contributed by atoms with Gasteiger partial charge in [-0.1, -0.05) is 39.8 Å². The van der Waals surface area contributed by atoms with Gasteiger partial charge in [0.15, 0.2) is 10.7 Å². The lowest BCUT2D eigenvalue weighted by Gasteiger charge is -2.34. The summed E-state index contributed by atoms with van der Waals surface area (Å²) in [4.78, 5) is 26.8. The Morgan fingerprint density at radius 3 is 1.61 bits per heavy atom. The van der Waals surface area contributed by atoms with Crippen LogP contribution in [0.25, 0.3) is 0 Å². The molecule has 0 spiro atoms. The van der Waals surface area contributed by atoms with Crippen LogP contribution in [-0.2, 0) is 0 Å². The highest BCUT2D eigenvalue weighted by Crippen LogP contribution is 2.35. The van der Waals surface area contributed by atoms with E-state index in [1.165, 1.54) is 4.90 Å². The van der Waals surface area contributed by atoms with Crippen molar-refractivity contribution in [3.8, 4) is 5.06 Å². The smallest absolute Gasteiger partial charge is 0.263 e. The van der Waals surface area contributed by atoms with Crippen LogP contribution in [0.5, 0.6) is 5.06 Å². The molecule has 0 fully saturated rings. The molecule has 0 aliphatic carbocycles. The molecule has 1 aromatic heterocycles. The van der Waals surface area contributed by atoms with Crippen molar-refractivity contribution in [2.45, 2.75) is 118 Å². The van der Waals surface area contributed by atoms with Crippen LogP contribution in [0.2, 0.25) is 0 Å². The first kappa shape index (κ1) is 34.3. The molecule has 1 aliphatic rings. The molecule has 0 saturated carbocycles. The van der Waals surface area contributed by atoms with Gasteiger partial charge in [0.25, 0.3) is 11.8 Å². The van der Waals surface area contributed by atoms with Crippen LogP contribution in [0.1, 0.15) is 117 Å². The summed E-state index contributed by atoms with van der Waals surface area (Å²) < 4.78 is 6.01. The van der Waals surface area contributed by atoms with Crippen molar-refractivity contribution in [2.75, 3.05) is 0 Å². The number of imide groups is 1. The Balaban J connectivity index is 0.000000296. The van der Waals surface area contributed by atoms with Gasteiger partial charge in [0.05, 0.1) is 22.2 Å². The molecule has 0 radical (unpaired) electrons. The number of amides is 2. The van der Waals surface area contributed by atoms with Crippen LogP contribution in [0, 0.1) is 11.8 Å². The van der Waals surface area contributed by atoms with Gasteiger partial charge in [-0.05, 0) is 103 Å². The van der Waals surface area contributed by atoms with E-state index in [-0.39, 0.29) is 28.8 Å². The zero-order valence-corrected chi connectivity index (χ0v) is 27.8. The molecule has 3 rings (SSSR count). The first-order chi connectivity index (χ1) is 18.8. The van der Waals surface area contributed by atoms with E-state index in [1.807, 2.05) is 86.8 Å². The van der Waals surface area contributed by atoms with Crippen LogP contribution in [0.4, 0.5) is 0 Å². The summed E-state index contributed by atoms with van der Waals surface area (Å²) in [5.74, 6) is 0.195. The first-order valence-corrected chi connectivity index (χ1v) is 15.2. The van der Waals surface area contributed by atoms with E-state index in [9.17, 15) is 9.59 Å². The van der Waals surface area contributed by atoms with Crippen LogP contribution in [-0.4, -0.2) is 39.2 Å². The molecule has 41 heavy (non-hydrogen) atoms. The molecule has 2 atom stereocenters. The Hall–Kier alpha value is -2.94. The van der Waals surface area contributed by atoms with Gasteiger partial charge in [-0.2, -0.15) is 15.3 Å². The van der Waals surface area contributed by atoms with Gasteiger partial charge in [-0.15, -0.1) is 16.5 Å². The van der Waals surface area contributed by atoms with Gasteiger partial charge in [0, 0.05) is 6.42 Å². The normalized spacial score (nSPS) is 17.2. The molecule has 2 heterocycles. The summed E-state index contributed by atoms with van der Waals surface area (Å²) in [5, 5.41) is 20.5. The van der Waals surface area contributed by atoms with Crippen molar-refractivity contribution in [1.29, 1.82) is 0 Å². The van der Waals surface area contributed by atoms with Crippen molar-refractivity contribution in [3.63, 3.8) is 0 Å². The number of azo groups is 2. The van der Waals surface area contributed by atoms with Crippen molar-refractivity contribution in [3.05, 3.63) is 52.9 Å². The number of carbonyl (C=O) groups excluding carboxylic acids is 2. The number of carbonyl (C=O) groups is 2. The number of hydrogen-bond acceptors (Lipinski definition) is 8. The maximum atomic E-state index is 12.8. The SMILES string of the molecule is CC(C)CC(C)(N=NC(C)(C)C)N1C(=O)c2ccccc2C1=O.CC(C)CC(C)(N=NC(C)(C)C)Oc1cccs1. The van der Waals surface area contributed by atoms with E-state index in [0.29, 0.717) is 23.5 Å². The molecule has 1 aromatic carbocycles. The zero-order valence-electron chi connectivity index (χ0n) is 27.0. The van der Waals surface area contributed by atoms with Crippen LogP contribution in [0.3, 0.4) is 0 Å². The van der Waals surface area contributed by atoms with Gasteiger partial charge in [0.2, 0.25) is 5.72 Å². The number of nitrogens with zero attached hydrogens (tertiary/aromatic N) is 5. The number of rotatable bonds is 9. The average Bonchev–Trinajstić information content (AvgIpc) is 3.41. The number of fused-ring (bicyclic) bond motifs is 1. The quantitative estimate of drug-likeness (QED) is 0.217. The lowest BCUT2D eigenvalue weighted by molar-refractivity contribution is 0.0406. The van der Waals surface area contributed by atoms with E-state index < -0.39 is 11.4 Å². The third-order valence-electron chi connectivity index (χ3n) is 5.80. The predicted octanol–water partition coefficient (Wildman–Crippen LogP) is 9.44. The summed E-state index contributed by atoms with van der Waals surface area (Å²) >= 11 is 1.59. The van der Waals surface area contributed by atoms with Gasteiger partial charge in [0.1, 0.15) is 0 Å². The Bertz CT molecular complexity index is 1190. The maximum Gasteiger partial charge on any atom is 0.263 e. The summed E-state index contributed by atoms with van der Waals surface area (Å²) in [6.07, 6.45) is 1.42. The van der Waals surface area contributed by atoms with E-state index >= 15 is 0 Å². The van der Waals surface area contributed by atoms with Crippen molar-refractivity contribution < 1.29 is 14.3 Å². The van der Waals surface area contributed by atoms with E-state index in [2.05, 4.69) is 34.3 Å². The second kappa shape index (κ2) is 13.4. The number of hydrogen-bond donors (Lipinski definition) is 0. The van der Waals surface area contributed by atoms with Crippen molar-refractivity contribution in [1.82, 2.24) is 4.90 Å². The van der Waals surface area contributed by atoms with Crippen LogP contribution < -0.4 is 4.74 Å². The monoisotopic (exact) mass is 583 g/mol. The largest absolute Gasteiger partial charge is 0.455 e. The predicted molar refractivity (Wildman–Crippen MR) is 167 cm³/mol. The minimum atomic E-state index is -0.978. The molecular formula is C32H49N5O3S. The molecule has 226 valence electrons. The van der Waals surface area contributed by atoms with E-state index in [0.717, 1.165) is 11.5 Å². The number of benzene rings is 1. The highest BCUT2D eigenvalue weighted by atomic mass is 32.1. The van der Waals surface area contributed by atoms with Gasteiger partial charge >= 0.3 is 0 Å². The van der Waals surface area contributed by atoms with Gasteiger partial charge < -0.3 is 4.74 Å². The molecular weight excluding hydrogens is 534 g/mol. The van der Waals surface area contributed by atoms with Crippen LogP contribution >= 0.6 is 11.3 Å². The highest BCUT2D eigenvalue weighted by Gasteiger charge is 2.47. The fourth-order valence-corrected chi connectivity index (χ4v) is 5.17. The fourth-order valence-electron chi connectivity index (χ4n) is 4.49. The Labute approximate surface area is 250 Å². The zero-order chi connectivity index (χ0) is 31.2. The van der Waals surface area contributed by atoms with Crippen LogP contribution in [0.15, 0.2) is 62.2 Å². The van der Waals surface area contributed by atoms with Gasteiger partial charge in [-0.25, -0.2) is 4.90 Å². The number of thiophene rings is 1. The standard InChI is InChI=1S/C18H25N3O2.C14H24N2OS/c1-12(2)11-18(6,20-19-17(3,4)5)21-15(22)13-9-7-8-10-14(13)16(21)23;1-11(2)10-14(6,16-15-13(3,4)5)17-12-8-7-9-18-12/h7-10,12H,11H2,1-6H3;7-9,11H,10H2,1-6H3. The topological polar surface area (TPSA) is 96.1 Å². The number of ether oxygens (including phenoxy) is 1. The highest BCUT2D eigenvalue weighted by molar-refractivity contribution is 7.11. The fraction of sp³-hybridized carbons (Fsp3) is 0.625. The molecule has 0 saturated heterocycles. The lowest BCUT2D eigenvalue weighted by atomic mass is 9.98. The lowest BCUT2D eigenvalue weighted by Crippen LogP contribution is -2.49. The Morgan fingerprint density at radius 1 is 0.707 bits per heavy atom. The first-order valence-electron chi connectivity index (χ1n) is 14.3. The summed E-state index contributed by atoms with van der Waals surface area (Å²) in [7, 11) is 0. The molecule has 2 aromatic rings. The van der Waals surface area contributed by atoms with Gasteiger partial charge in [-0.3, -0.25) is 9.59 Å². The Kier molecular flexibility index (Phi) is 11.2. The molecule has 0 bridgehead atoms. The summed E-state index contributed by atoms with van der Waals surface area (Å²) in [5.41, 5.74) is -1.20. The Morgan fingerprint density at radius 2 is 1.20 bits per heavy atom. The summed E-state index contributed by atoms with van der Waals surface area (Å²) in [6.45, 7) is 24.2.